The summed E-state index contributed by atoms with van der Waals surface area (Å²) in [6, 6.07) is 0. The Balaban J connectivity index is 0. The number of nitrogens with zero attached hydrogens (tertiary/aromatic N) is 1. The van der Waals surface area contributed by atoms with Gasteiger partial charge in [-0.1, -0.05) is 34.1 Å². The maximum atomic E-state index is 4.65. The van der Waals surface area contributed by atoms with E-state index in [1.807, 2.05) is 13.8 Å². The van der Waals surface area contributed by atoms with E-state index >= 15 is 0 Å². The van der Waals surface area contributed by atoms with Crippen molar-refractivity contribution in [2.24, 2.45) is 4.99 Å². The third kappa shape index (κ3) is 15.6. The second-order valence-corrected chi connectivity index (χ2v) is 1.59. The van der Waals surface area contributed by atoms with Gasteiger partial charge in [-0.05, 0) is 0 Å². The smallest absolute Gasteiger partial charge is 0.169 e. The van der Waals surface area contributed by atoms with Crippen LogP contribution in [0.5, 0.6) is 0 Å². The average Bonchev–Trinajstić information content (AvgIpc) is 2.48. The lowest BCUT2D eigenvalue weighted by molar-refractivity contribution is 0.361. The van der Waals surface area contributed by atoms with Gasteiger partial charge in [0.2, 0.25) is 0 Å². The van der Waals surface area contributed by atoms with Crippen molar-refractivity contribution >= 4 is 6.40 Å². The highest BCUT2D eigenvalue weighted by molar-refractivity contribution is 5.47. The van der Waals surface area contributed by atoms with Gasteiger partial charge in [0.1, 0.15) is 6.61 Å². The fraction of sp³-hybridized carbons (Fsp3) is 0.875. The van der Waals surface area contributed by atoms with Crippen LogP contribution < -0.4 is 0 Å². The first-order valence-corrected chi connectivity index (χ1v) is 4.01. The van der Waals surface area contributed by atoms with Crippen molar-refractivity contribution in [2.75, 3.05) is 13.2 Å². The van der Waals surface area contributed by atoms with Gasteiger partial charge in [0.25, 0.3) is 0 Å². The molecule has 1 heterocycles. The summed E-state index contributed by atoms with van der Waals surface area (Å²) in [5, 5.41) is 0. The summed E-state index contributed by atoms with van der Waals surface area (Å²) in [6.07, 6.45) is 2.74. The molecule has 0 aromatic carbocycles. The van der Waals surface area contributed by atoms with Crippen LogP contribution in [0.3, 0.4) is 0 Å². The van der Waals surface area contributed by atoms with Crippen LogP contribution in [0.1, 0.15) is 34.1 Å². The van der Waals surface area contributed by atoms with Gasteiger partial charge in [0.05, 0.1) is 6.54 Å². The molecule has 0 atom stereocenters. The average molecular weight is 145 g/mol. The normalized spacial score (nSPS) is 12.0. The van der Waals surface area contributed by atoms with Crippen LogP contribution in [0.15, 0.2) is 4.99 Å². The van der Waals surface area contributed by atoms with E-state index in [0.29, 0.717) is 0 Å². The van der Waals surface area contributed by atoms with Gasteiger partial charge in [-0.25, -0.2) is 0 Å². The zero-order valence-corrected chi connectivity index (χ0v) is 7.55. The Morgan fingerprint density at radius 2 is 1.90 bits per heavy atom. The molecule has 1 rings (SSSR count). The Bertz CT molecular complexity index is 56.3. The zero-order chi connectivity index (χ0) is 8.24. The summed E-state index contributed by atoms with van der Waals surface area (Å²) < 4.78 is 4.65. The minimum Gasteiger partial charge on any atom is -0.482 e. The molecular weight excluding hydrogens is 126 g/mol. The van der Waals surface area contributed by atoms with Crippen molar-refractivity contribution in [3.05, 3.63) is 0 Å². The highest BCUT2D eigenvalue weighted by Crippen LogP contribution is 1.78. The molecule has 0 bridgehead atoms. The molecule has 62 valence electrons. The molecule has 0 saturated carbocycles. The van der Waals surface area contributed by atoms with E-state index in [9.17, 15) is 0 Å². The van der Waals surface area contributed by atoms with Crippen LogP contribution in [0, 0.1) is 0 Å². The number of ether oxygens (including phenoxy) is 1. The van der Waals surface area contributed by atoms with Crippen molar-refractivity contribution < 1.29 is 4.74 Å². The van der Waals surface area contributed by atoms with Crippen molar-refractivity contribution in [3.8, 4) is 0 Å². The van der Waals surface area contributed by atoms with Crippen molar-refractivity contribution in [1.29, 1.82) is 0 Å². The fourth-order valence-corrected chi connectivity index (χ4v) is 0.264. The predicted molar refractivity (Wildman–Crippen MR) is 46.6 cm³/mol. The van der Waals surface area contributed by atoms with Gasteiger partial charge in [-0.15, -0.1) is 0 Å². The Kier molecular flexibility index (Phi) is 19.2. The van der Waals surface area contributed by atoms with Gasteiger partial charge < -0.3 is 4.74 Å². The van der Waals surface area contributed by atoms with E-state index in [0.717, 1.165) is 13.2 Å². The summed E-state index contributed by atoms with van der Waals surface area (Å²) >= 11 is 0. The van der Waals surface area contributed by atoms with E-state index in [1.54, 1.807) is 0 Å². The Hall–Kier alpha value is -0.530. The van der Waals surface area contributed by atoms with Gasteiger partial charge in [-0.2, -0.15) is 0 Å². The minimum absolute atomic E-state index is 0.778. The molecule has 0 unspecified atom stereocenters. The summed E-state index contributed by atoms with van der Waals surface area (Å²) in [6.45, 7) is 9.88. The molecular formula is C8H19NO. The molecule has 0 spiro atoms. The van der Waals surface area contributed by atoms with Crippen molar-refractivity contribution in [2.45, 2.75) is 34.1 Å². The van der Waals surface area contributed by atoms with E-state index in [2.05, 4.69) is 23.6 Å². The molecule has 0 fully saturated rings. The summed E-state index contributed by atoms with van der Waals surface area (Å²) in [7, 11) is 0. The molecule has 0 saturated heterocycles. The summed E-state index contributed by atoms with van der Waals surface area (Å²) in [5.74, 6) is 0. The molecule has 0 N–H and O–H groups in total. The van der Waals surface area contributed by atoms with Gasteiger partial charge in [-0.3, -0.25) is 4.99 Å². The lowest BCUT2D eigenvalue weighted by atomic mass is 10.6. The zero-order valence-electron chi connectivity index (χ0n) is 7.55. The monoisotopic (exact) mass is 145 g/mol. The maximum Gasteiger partial charge on any atom is 0.169 e. The van der Waals surface area contributed by atoms with E-state index in [4.69, 9.17) is 0 Å². The third-order valence-corrected chi connectivity index (χ3v) is 0.487. The van der Waals surface area contributed by atoms with Crippen molar-refractivity contribution in [3.63, 3.8) is 0 Å². The molecule has 0 radical (unpaired) electrons. The van der Waals surface area contributed by atoms with E-state index in [-0.39, 0.29) is 0 Å². The molecule has 0 amide bonds. The second-order valence-electron chi connectivity index (χ2n) is 1.59. The molecule has 2 heteroatoms. The topological polar surface area (TPSA) is 21.6 Å². The lowest BCUT2D eigenvalue weighted by Gasteiger charge is -1.76. The summed E-state index contributed by atoms with van der Waals surface area (Å²) in [5.41, 5.74) is 0. The Morgan fingerprint density at radius 3 is 2.00 bits per heavy atom. The van der Waals surface area contributed by atoms with Crippen LogP contribution in [0.2, 0.25) is 0 Å². The first-order valence-electron chi connectivity index (χ1n) is 4.01. The van der Waals surface area contributed by atoms with Crippen molar-refractivity contribution in [1.82, 2.24) is 0 Å². The van der Waals surface area contributed by atoms with Gasteiger partial charge >= 0.3 is 0 Å². The van der Waals surface area contributed by atoms with Crippen LogP contribution in [-0.2, 0) is 4.74 Å². The highest BCUT2D eigenvalue weighted by Gasteiger charge is 1.84. The fourth-order valence-electron chi connectivity index (χ4n) is 0.264. The minimum atomic E-state index is 0.778. The van der Waals surface area contributed by atoms with Crippen LogP contribution >= 0.6 is 0 Å². The molecule has 0 aliphatic carbocycles. The van der Waals surface area contributed by atoms with Gasteiger partial charge in [0, 0.05) is 0 Å². The van der Waals surface area contributed by atoms with Crippen LogP contribution in [-0.4, -0.2) is 19.6 Å². The molecule has 0 aromatic heterocycles. The molecule has 0 aromatic rings. The lowest BCUT2D eigenvalue weighted by Crippen LogP contribution is -1.80. The predicted octanol–water partition coefficient (Wildman–Crippen LogP) is 2.49. The number of aliphatic imine (C=N–C) groups is 1. The molecule has 1 aliphatic heterocycles. The highest BCUT2D eigenvalue weighted by atomic mass is 16.5. The summed E-state index contributed by atoms with van der Waals surface area (Å²) in [4.78, 5) is 3.74. The maximum absolute atomic E-state index is 4.65. The molecule has 10 heavy (non-hydrogen) atoms. The number of rotatable bonds is 0. The van der Waals surface area contributed by atoms with Gasteiger partial charge in [0.15, 0.2) is 6.40 Å². The standard InChI is InChI=1S/C3H5NO.C3H8.C2H6/c1-2-5-3-4-1;1-3-2;1-2/h3H,1-2H2;3H2,1-2H3;1-2H3. The SMILES string of the molecule is C1=NCCO1.CC.CCC. The number of hydrogen-bond donors (Lipinski definition) is 0. The Labute approximate surface area is 64.3 Å². The molecule has 2 nitrogen and oxygen atoms in total. The largest absolute Gasteiger partial charge is 0.482 e. The third-order valence-electron chi connectivity index (χ3n) is 0.487. The first kappa shape index (κ1) is 12.2. The van der Waals surface area contributed by atoms with Crippen LogP contribution in [0.4, 0.5) is 0 Å². The Morgan fingerprint density at radius 1 is 1.40 bits per heavy atom. The van der Waals surface area contributed by atoms with E-state index < -0.39 is 0 Å². The molecule has 1 aliphatic rings. The van der Waals surface area contributed by atoms with Crippen LogP contribution in [0.25, 0.3) is 0 Å². The van der Waals surface area contributed by atoms with E-state index in [1.165, 1.54) is 12.8 Å². The quantitative estimate of drug-likeness (QED) is 0.513. The first-order chi connectivity index (χ1) is 4.91. The second kappa shape index (κ2) is 15.8. The number of hydrogen-bond acceptors (Lipinski definition) is 2.